The fourth-order valence-corrected chi connectivity index (χ4v) is 3.49. The maximum atomic E-state index is 12.4. The number of amides is 1. The van der Waals surface area contributed by atoms with Crippen LogP contribution >= 0.6 is 0 Å². The van der Waals surface area contributed by atoms with Gasteiger partial charge in [0.15, 0.2) is 6.61 Å². The van der Waals surface area contributed by atoms with E-state index in [0.29, 0.717) is 5.75 Å². The Morgan fingerprint density at radius 2 is 1.85 bits per heavy atom. The van der Waals surface area contributed by atoms with E-state index >= 15 is 0 Å². The predicted octanol–water partition coefficient (Wildman–Crippen LogP) is 1.12. The highest BCUT2D eigenvalue weighted by Gasteiger charge is 2.26. The molecule has 1 unspecified atom stereocenters. The summed E-state index contributed by atoms with van der Waals surface area (Å²) in [6, 6.07) is 4.53. The van der Waals surface area contributed by atoms with Gasteiger partial charge in [-0.2, -0.15) is 4.72 Å². The molecule has 2 rings (SSSR count). The zero-order valence-electron chi connectivity index (χ0n) is 14.8. The first-order chi connectivity index (χ1) is 12.2. The monoisotopic (exact) mass is 384 g/mol. The fourth-order valence-electron chi connectivity index (χ4n) is 2.29. The van der Waals surface area contributed by atoms with Crippen LogP contribution in [-0.2, 0) is 19.6 Å². The quantitative estimate of drug-likeness (QED) is 0.556. The van der Waals surface area contributed by atoms with Crippen molar-refractivity contribution in [3.63, 3.8) is 0 Å². The highest BCUT2D eigenvalue weighted by molar-refractivity contribution is 7.89. The molecule has 1 fully saturated rings. The molecule has 0 heterocycles. The van der Waals surface area contributed by atoms with Gasteiger partial charge in [-0.25, -0.2) is 8.42 Å². The Morgan fingerprint density at radius 3 is 2.35 bits per heavy atom. The molecule has 0 aromatic heterocycles. The summed E-state index contributed by atoms with van der Waals surface area (Å²) in [6.45, 7) is 3.49. The van der Waals surface area contributed by atoms with Crippen molar-refractivity contribution in [1.29, 1.82) is 0 Å². The van der Waals surface area contributed by atoms with Gasteiger partial charge in [0.2, 0.25) is 10.0 Å². The van der Waals surface area contributed by atoms with Crippen molar-refractivity contribution >= 4 is 21.9 Å². The van der Waals surface area contributed by atoms with E-state index in [2.05, 4.69) is 10.0 Å². The lowest BCUT2D eigenvalue weighted by Gasteiger charge is -2.16. The van der Waals surface area contributed by atoms with E-state index < -0.39 is 22.0 Å². The summed E-state index contributed by atoms with van der Waals surface area (Å²) in [6.07, 6.45) is 2.16. The number of nitrogens with one attached hydrogen (secondary N) is 2. The predicted molar refractivity (Wildman–Crippen MR) is 94.3 cm³/mol. The summed E-state index contributed by atoms with van der Waals surface area (Å²) in [7, 11) is -3.97. The lowest BCUT2D eigenvalue weighted by atomic mass is 10.1. The van der Waals surface area contributed by atoms with Crippen LogP contribution in [0.15, 0.2) is 29.2 Å². The number of carbonyl (C=O) groups is 2. The number of carboxylic acid groups (broad SMARTS) is 1. The number of sulfonamides is 1. The van der Waals surface area contributed by atoms with Gasteiger partial charge in [0.25, 0.3) is 5.91 Å². The Labute approximate surface area is 153 Å². The molecule has 1 aliphatic carbocycles. The molecule has 0 radical (unpaired) electrons. The minimum absolute atomic E-state index is 0.0244. The van der Waals surface area contributed by atoms with Gasteiger partial charge in [-0.3, -0.25) is 9.59 Å². The van der Waals surface area contributed by atoms with E-state index in [1.807, 2.05) is 13.8 Å². The van der Waals surface area contributed by atoms with Gasteiger partial charge in [-0.15, -0.1) is 0 Å². The van der Waals surface area contributed by atoms with Crippen molar-refractivity contribution in [1.82, 2.24) is 10.0 Å². The van der Waals surface area contributed by atoms with Crippen LogP contribution in [-0.4, -0.2) is 44.1 Å². The number of carboxylic acids is 1. The molecule has 3 N–H and O–H groups in total. The van der Waals surface area contributed by atoms with Crippen LogP contribution in [0.3, 0.4) is 0 Å². The molecular formula is C17H24N2O6S. The molecule has 8 nitrogen and oxygen atoms in total. The minimum Gasteiger partial charge on any atom is -0.484 e. The van der Waals surface area contributed by atoms with Crippen molar-refractivity contribution in [2.24, 2.45) is 5.92 Å². The van der Waals surface area contributed by atoms with Gasteiger partial charge in [0.1, 0.15) is 11.8 Å². The molecule has 1 amide bonds. The first kappa shape index (κ1) is 20.2. The normalized spacial score (nSPS) is 15.5. The molecule has 1 aromatic carbocycles. The number of rotatable bonds is 10. The Hall–Kier alpha value is -2.13. The van der Waals surface area contributed by atoms with E-state index in [0.717, 1.165) is 12.8 Å². The summed E-state index contributed by atoms with van der Waals surface area (Å²) in [4.78, 5) is 22.7. The Bertz CT molecular complexity index is 741. The summed E-state index contributed by atoms with van der Waals surface area (Å²) < 4.78 is 32.2. The number of hydrogen-bond donors (Lipinski definition) is 3. The molecule has 1 saturated carbocycles. The third kappa shape index (κ3) is 6.30. The van der Waals surface area contributed by atoms with E-state index in [1.54, 1.807) is 0 Å². The van der Waals surface area contributed by atoms with E-state index in [4.69, 9.17) is 4.74 Å². The minimum atomic E-state index is -3.97. The van der Waals surface area contributed by atoms with Crippen molar-refractivity contribution in [2.45, 2.75) is 50.1 Å². The molecule has 1 atom stereocenters. The molecule has 0 spiro atoms. The van der Waals surface area contributed by atoms with Crippen LogP contribution in [0.5, 0.6) is 5.75 Å². The smallest absolute Gasteiger partial charge is 0.321 e. The van der Waals surface area contributed by atoms with Crippen molar-refractivity contribution in [2.75, 3.05) is 6.61 Å². The third-order valence-electron chi connectivity index (χ3n) is 3.75. The molecule has 9 heteroatoms. The second-order valence-corrected chi connectivity index (χ2v) is 8.46. The summed E-state index contributed by atoms with van der Waals surface area (Å²) in [5, 5.41) is 12.0. The van der Waals surface area contributed by atoms with Gasteiger partial charge in [-0.05, 0) is 49.4 Å². The molecule has 26 heavy (non-hydrogen) atoms. The summed E-state index contributed by atoms with van der Waals surface area (Å²) in [5.41, 5.74) is 0. The third-order valence-corrected chi connectivity index (χ3v) is 5.24. The maximum Gasteiger partial charge on any atom is 0.321 e. The first-order valence-corrected chi connectivity index (χ1v) is 9.93. The largest absolute Gasteiger partial charge is 0.484 e. The number of ether oxygens (including phenoxy) is 1. The average Bonchev–Trinajstić information content (AvgIpc) is 3.36. The molecule has 0 aliphatic heterocycles. The molecule has 144 valence electrons. The highest BCUT2D eigenvalue weighted by atomic mass is 32.2. The van der Waals surface area contributed by atoms with Crippen molar-refractivity contribution in [3.05, 3.63) is 24.3 Å². The number of carbonyl (C=O) groups excluding carboxylic acids is 1. The second kappa shape index (κ2) is 8.50. The van der Waals surface area contributed by atoms with Gasteiger partial charge in [0.05, 0.1) is 4.90 Å². The fraction of sp³-hybridized carbons (Fsp3) is 0.529. The van der Waals surface area contributed by atoms with Crippen LogP contribution in [0.1, 0.15) is 33.1 Å². The van der Waals surface area contributed by atoms with Gasteiger partial charge >= 0.3 is 5.97 Å². The van der Waals surface area contributed by atoms with Gasteiger partial charge in [0, 0.05) is 6.04 Å². The highest BCUT2D eigenvalue weighted by Crippen LogP contribution is 2.19. The SMILES string of the molecule is CC(C)CC(NS(=O)(=O)c1ccc(OCC(=O)NC2CC2)cc1)C(=O)O. The Kier molecular flexibility index (Phi) is 6.60. The zero-order chi connectivity index (χ0) is 19.3. The molecule has 0 bridgehead atoms. The lowest BCUT2D eigenvalue weighted by molar-refractivity contribution is -0.139. The lowest BCUT2D eigenvalue weighted by Crippen LogP contribution is -2.41. The molecule has 1 aliphatic rings. The van der Waals surface area contributed by atoms with Crippen LogP contribution in [0.2, 0.25) is 0 Å². The second-order valence-electron chi connectivity index (χ2n) is 6.74. The summed E-state index contributed by atoms with van der Waals surface area (Å²) >= 11 is 0. The van der Waals surface area contributed by atoms with Crippen molar-refractivity contribution < 1.29 is 27.9 Å². The summed E-state index contributed by atoms with van der Waals surface area (Å²) in [5.74, 6) is -1.06. The van der Waals surface area contributed by atoms with Crippen molar-refractivity contribution in [3.8, 4) is 5.75 Å². The van der Waals surface area contributed by atoms with Gasteiger partial charge < -0.3 is 15.2 Å². The first-order valence-electron chi connectivity index (χ1n) is 8.44. The average molecular weight is 384 g/mol. The van der Waals surface area contributed by atoms with E-state index in [1.165, 1.54) is 24.3 Å². The maximum absolute atomic E-state index is 12.4. The van der Waals surface area contributed by atoms with Crippen LogP contribution in [0, 0.1) is 5.92 Å². The van der Waals surface area contributed by atoms with Crippen LogP contribution in [0.4, 0.5) is 0 Å². The van der Waals surface area contributed by atoms with Crippen LogP contribution < -0.4 is 14.8 Å². The van der Waals surface area contributed by atoms with Gasteiger partial charge in [-0.1, -0.05) is 13.8 Å². The van der Waals surface area contributed by atoms with Crippen LogP contribution in [0.25, 0.3) is 0 Å². The topological polar surface area (TPSA) is 122 Å². The van der Waals surface area contributed by atoms with E-state index in [-0.39, 0.29) is 35.8 Å². The zero-order valence-corrected chi connectivity index (χ0v) is 15.6. The standard InChI is InChI=1S/C17H24N2O6S/c1-11(2)9-15(17(21)22)19-26(23,24)14-7-5-13(6-8-14)25-10-16(20)18-12-3-4-12/h5-8,11-12,15,19H,3-4,9-10H2,1-2H3,(H,18,20)(H,21,22). The molecular weight excluding hydrogens is 360 g/mol. The number of benzene rings is 1. The Balaban J connectivity index is 1.96. The Morgan fingerprint density at radius 1 is 1.23 bits per heavy atom. The number of aliphatic carboxylic acids is 1. The molecule has 1 aromatic rings. The molecule has 0 saturated heterocycles. The number of hydrogen-bond acceptors (Lipinski definition) is 5. The van der Waals surface area contributed by atoms with E-state index in [9.17, 15) is 23.1 Å².